The molecule has 0 aromatic rings. The third-order valence-electron chi connectivity index (χ3n) is 3.08. The lowest BCUT2D eigenvalue weighted by Crippen LogP contribution is -2.39. The normalized spacial score (nSPS) is 18.4. The second-order valence-corrected chi connectivity index (χ2v) is 5.51. The number of nitroso groups, excluding NO2 is 1. The van der Waals surface area contributed by atoms with Crippen molar-refractivity contribution in [2.24, 2.45) is 5.29 Å². The van der Waals surface area contributed by atoms with Crippen molar-refractivity contribution in [1.29, 1.82) is 0 Å². The predicted octanol–water partition coefficient (Wildman–Crippen LogP) is 3.12. The van der Waals surface area contributed by atoms with E-state index in [1.807, 2.05) is 20.8 Å². The lowest BCUT2D eigenvalue weighted by Gasteiger charge is -2.30. The van der Waals surface area contributed by atoms with Gasteiger partial charge in [-0.2, -0.15) is 0 Å². The summed E-state index contributed by atoms with van der Waals surface area (Å²) in [7, 11) is 0. The third kappa shape index (κ3) is 4.47. The van der Waals surface area contributed by atoms with Crippen LogP contribution in [-0.2, 0) is 4.74 Å². The van der Waals surface area contributed by atoms with Crippen molar-refractivity contribution in [2.75, 3.05) is 13.2 Å². The summed E-state index contributed by atoms with van der Waals surface area (Å²) in [6.07, 6.45) is 6.64. The minimum absolute atomic E-state index is 0.211. The van der Waals surface area contributed by atoms with Gasteiger partial charge in [-0.3, -0.25) is 5.01 Å². The molecular weight excluding hydrogens is 204 g/mol. The van der Waals surface area contributed by atoms with Gasteiger partial charge in [-0.15, -0.1) is 4.91 Å². The van der Waals surface area contributed by atoms with Crippen molar-refractivity contribution in [1.82, 2.24) is 5.01 Å². The molecule has 0 N–H and O–H groups in total. The molecule has 0 heterocycles. The van der Waals surface area contributed by atoms with Gasteiger partial charge in [0.1, 0.15) is 0 Å². The highest BCUT2D eigenvalue weighted by molar-refractivity contribution is 4.73. The summed E-state index contributed by atoms with van der Waals surface area (Å²) in [6, 6.07) is 0. The van der Waals surface area contributed by atoms with E-state index < -0.39 is 0 Å². The van der Waals surface area contributed by atoms with Gasteiger partial charge >= 0.3 is 0 Å². The van der Waals surface area contributed by atoms with Gasteiger partial charge in [0, 0.05) is 0 Å². The second-order valence-electron chi connectivity index (χ2n) is 5.51. The molecule has 1 saturated carbocycles. The maximum absolute atomic E-state index is 10.7. The van der Waals surface area contributed by atoms with E-state index in [9.17, 15) is 4.91 Å². The van der Waals surface area contributed by atoms with Crippen LogP contribution in [0.15, 0.2) is 5.29 Å². The van der Waals surface area contributed by atoms with Crippen molar-refractivity contribution >= 4 is 0 Å². The fourth-order valence-electron chi connectivity index (χ4n) is 2.04. The average molecular weight is 228 g/mol. The van der Waals surface area contributed by atoms with Crippen LogP contribution in [0.3, 0.4) is 0 Å². The van der Waals surface area contributed by atoms with Crippen molar-refractivity contribution < 1.29 is 4.74 Å². The molecule has 0 aliphatic heterocycles. The summed E-state index contributed by atoms with van der Waals surface area (Å²) >= 11 is 0. The Morgan fingerprint density at radius 1 is 1.25 bits per heavy atom. The minimum Gasteiger partial charge on any atom is -0.376 e. The standard InChI is InChI=1S/C12H24N2O2/c1-12(2,3)14(13-15)9-10-16-11-7-5-4-6-8-11/h11H,4-10H2,1-3H3. The molecule has 0 amide bonds. The first-order valence-electron chi connectivity index (χ1n) is 6.26. The zero-order valence-electron chi connectivity index (χ0n) is 10.7. The highest BCUT2D eigenvalue weighted by Crippen LogP contribution is 2.20. The quantitative estimate of drug-likeness (QED) is 0.536. The van der Waals surface area contributed by atoms with E-state index in [-0.39, 0.29) is 5.54 Å². The Morgan fingerprint density at radius 2 is 1.88 bits per heavy atom. The molecule has 0 bridgehead atoms. The average Bonchev–Trinajstić information content (AvgIpc) is 2.24. The Labute approximate surface area is 98.3 Å². The molecule has 0 atom stereocenters. The SMILES string of the molecule is CC(C)(C)N(CCOC1CCCCC1)N=O. The molecule has 0 aromatic carbocycles. The van der Waals surface area contributed by atoms with Crippen LogP contribution in [0.5, 0.6) is 0 Å². The summed E-state index contributed by atoms with van der Waals surface area (Å²) in [5, 5.41) is 4.60. The number of hydrogen-bond donors (Lipinski definition) is 0. The Hall–Kier alpha value is -0.640. The molecule has 16 heavy (non-hydrogen) atoms. The molecule has 1 fully saturated rings. The second kappa shape index (κ2) is 6.18. The third-order valence-corrected chi connectivity index (χ3v) is 3.08. The fourth-order valence-corrected chi connectivity index (χ4v) is 2.04. The van der Waals surface area contributed by atoms with Crippen LogP contribution < -0.4 is 0 Å². The summed E-state index contributed by atoms with van der Waals surface area (Å²) in [5.41, 5.74) is -0.211. The lowest BCUT2D eigenvalue weighted by atomic mass is 9.98. The zero-order chi connectivity index (χ0) is 12.0. The van der Waals surface area contributed by atoms with E-state index in [0.717, 1.165) is 0 Å². The van der Waals surface area contributed by atoms with Gasteiger partial charge < -0.3 is 4.74 Å². The summed E-state index contributed by atoms with van der Waals surface area (Å²) in [5.74, 6) is 0. The first kappa shape index (κ1) is 13.4. The largest absolute Gasteiger partial charge is 0.376 e. The first-order chi connectivity index (χ1) is 7.54. The van der Waals surface area contributed by atoms with Gasteiger partial charge in [0.2, 0.25) is 0 Å². The molecule has 0 unspecified atom stereocenters. The zero-order valence-corrected chi connectivity index (χ0v) is 10.7. The number of nitrogens with zero attached hydrogens (tertiary/aromatic N) is 2. The van der Waals surface area contributed by atoms with Crippen LogP contribution >= 0.6 is 0 Å². The Balaban J connectivity index is 2.20. The molecule has 0 radical (unpaired) electrons. The summed E-state index contributed by atoms with van der Waals surface area (Å²) < 4.78 is 5.77. The molecule has 0 saturated heterocycles. The number of hydrogen-bond acceptors (Lipinski definition) is 3. The first-order valence-corrected chi connectivity index (χ1v) is 6.26. The maximum atomic E-state index is 10.7. The van der Waals surface area contributed by atoms with Crippen molar-refractivity contribution in [3.05, 3.63) is 4.91 Å². The summed E-state index contributed by atoms with van der Waals surface area (Å²) in [6.45, 7) is 7.14. The van der Waals surface area contributed by atoms with Crippen LogP contribution in [0.4, 0.5) is 0 Å². The van der Waals surface area contributed by atoms with Gasteiger partial charge in [0.25, 0.3) is 0 Å². The van der Waals surface area contributed by atoms with E-state index in [2.05, 4.69) is 5.29 Å². The van der Waals surface area contributed by atoms with Crippen LogP contribution in [0.2, 0.25) is 0 Å². The van der Waals surface area contributed by atoms with Gasteiger partial charge in [0.05, 0.1) is 30.1 Å². The van der Waals surface area contributed by atoms with Crippen LogP contribution in [0, 0.1) is 4.91 Å². The molecule has 1 aliphatic rings. The molecule has 1 rings (SSSR count). The van der Waals surface area contributed by atoms with E-state index in [0.29, 0.717) is 19.3 Å². The maximum Gasteiger partial charge on any atom is 0.0663 e. The molecule has 94 valence electrons. The van der Waals surface area contributed by atoms with E-state index in [4.69, 9.17) is 4.74 Å². The predicted molar refractivity (Wildman–Crippen MR) is 65.1 cm³/mol. The fraction of sp³-hybridized carbons (Fsp3) is 1.00. The topological polar surface area (TPSA) is 41.9 Å². The van der Waals surface area contributed by atoms with Crippen molar-refractivity contribution in [3.8, 4) is 0 Å². The van der Waals surface area contributed by atoms with Crippen LogP contribution in [-0.4, -0.2) is 29.8 Å². The molecule has 4 heteroatoms. The number of ether oxygens (including phenoxy) is 1. The molecule has 1 aliphatic carbocycles. The Kier molecular flexibility index (Phi) is 5.19. The minimum atomic E-state index is -0.211. The van der Waals surface area contributed by atoms with Gasteiger partial charge in [-0.25, -0.2) is 0 Å². The molecule has 0 spiro atoms. The highest BCUT2D eigenvalue weighted by atomic mass is 16.5. The van der Waals surface area contributed by atoms with E-state index >= 15 is 0 Å². The van der Waals surface area contributed by atoms with Crippen LogP contribution in [0.1, 0.15) is 52.9 Å². The molecule has 4 nitrogen and oxygen atoms in total. The molecule has 0 aromatic heterocycles. The number of rotatable bonds is 5. The summed E-state index contributed by atoms with van der Waals surface area (Å²) in [4.78, 5) is 10.7. The Morgan fingerprint density at radius 3 is 2.38 bits per heavy atom. The van der Waals surface area contributed by atoms with Crippen molar-refractivity contribution in [2.45, 2.75) is 64.5 Å². The van der Waals surface area contributed by atoms with E-state index in [1.54, 1.807) is 5.01 Å². The van der Waals surface area contributed by atoms with E-state index in [1.165, 1.54) is 32.1 Å². The smallest absolute Gasteiger partial charge is 0.0663 e. The Bertz CT molecular complexity index is 208. The monoisotopic (exact) mass is 228 g/mol. The molecular formula is C12H24N2O2. The van der Waals surface area contributed by atoms with Gasteiger partial charge in [-0.1, -0.05) is 19.3 Å². The lowest BCUT2D eigenvalue weighted by molar-refractivity contribution is 0.00252. The highest BCUT2D eigenvalue weighted by Gasteiger charge is 2.21. The van der Waals surface area contributed by atoms with Crippen LogP contribution in [0.25, 0.3) is 0 Å². The van der Waals surface area contributed by atoms with Gasteiger partial charge in [-0.05, 0) is 33.6 Å². The van der Waals surface area contributed by atoms with Crippen molar-refractivity contribution in [3.63, 3.8) is 0 Å². The van der Waals surface area contributed by atoms with Gasteiger partial charge in [0.15, 0.2) is 0 Å².